The predicted octanol–water partition coefficient (Wildman–Crippen LogP) is 3.40. The van der Waals surface area contributed by atoms with Gasteiger partial charge in [0.2, 0.25) is 17.6 Å². The average molecular weight is 353 g/mol. The lowest BCUT2D eigenvalue weighted by molar-refractivity contribution is -0.117. The van der Waals surface area contributed by atoms with Gasteiger partial charge in [-0.1, -0.05) is 17.3 Å². The largest absolute Gasteiger partial charge is 0.497 e. The van der Waals surface area contributed by atoms with Gasteiger partial charge in [0.15, 0.2) is 0 Å². The van der Waals surface area contributed by atoms with Gasteiger partial charge in [-0.25, -0.2) is 4.39 Å². The fourth-order valence-electron chi connectivity index (χ4n) is 3.03. The molecule has 7 heteroatoms. The van der Waals surface area contributed by atoms with Crippen LogP contribution in [0.25, 0.3) is 11.4 Å². The Morgan fingerprint density at radius 2 is 1.96 bits per heavy atom. The molecule has 1 amide bonds. The van der Waals surface area contributed by atoms with E-state index in [9.17, 15) is 9.18 Å². The molecule has 0 N–H and O–H groups in total. The molecule has 1 aliphatic heterocycles. The van der Waals surface area contributed by atoms with E-state index in [1.165, 1.54) is 11.0 Å². The predicted molar refractivity (Wildman–Crippen MR) is 92.4 cm³/mol. The van der Waals surface area contributed by atoms with Crippen LogP contribution in [0.1, 0.15) is 18.2 Å². The zero-order valence-electron chi connectivity index (χ0n) is 14.1. The van der Waals surface area contributed by atoms with Crippen molar-refractivity contribution in [3.8, 4) is 17.1 Å². The van der Waals surface area contributed by atoms with Crippen molar-refractivity contribution in [1.29, 1.82) is 0 Å². The topological polar surface area (TPSA) is 68.5 Å². The molecule has 1 unspecified atom stereocenters. The van der Waals surface area contributed by atoms with Crippen molar-refractivity contribution in [2.75, 3.05) is 18.6 Å². The molecule has 0 radical (unpaired) electrons. The van der Waals surface area contributed by atoms with E-state index < -0.39 is 5.82 Å². The van der Waals surface area contributed by atoms with Crippen molar-refractivity contribution in [3.63, 3.8) is 0 Å². The molecule has 1 fully saturated rings. The number of nitrogens with zero attached hydrogens (tertiary/aromatic N) is 3. The van der Waals surface area contributed by atoms with Crippen LogP contribution < -0.4 is 9.64 Å². The van der Waals surface area contributed by atoms with Gasteiger partial charge in [0, 0.05) is 18.5 Å². The summed E-state index contributed by atoms with van der Waals surface area (Å²) in [5.41, 5.74) is 1.06. The standard InChI is InChI=1S/C19H16FN3O3/c1-25-14-8-6-12(7-9-14)18-21-19(26-22-18)13-10-17(24)23(11-13)16-5-3-2-4-15(16)20/h2-9,13H,10-11H2,1H3. The second kappa shape index (κ2) is 6.59. The van der Waals surface area contributed by atoms with Crippen molar-refractivity contribution >= 4 is 11.6 Å². The number of amides is 1. The van der Waals surface area contributed by atoms with Gasteiger partial charge in [0.1, 0.15) is 11.6 Å². The Morgan fingerprint density at radius 1 is 1.19 bits per heavy atom. The first-order valence-corrected chi connectivity index (χ1v) is 8.18. The molecule has 6 nitrogen and oxygen atoms in total. The molecule has 0 bridgehead atoms. The van der Waals surface area contributed by atoms with E-state index in [1.807, 2.05) is 24.3 Å². The number of carbonyl (C=O) groups is 1. The summed E-state index contributed by atoms with van der Waals surface area (Å²) in [6, 6.07) is 13.5. The fraction of sp³-hybridized carbons (Fsp3) is 0.211. The van der Waals surface area contributed by atoms with E-state index in [4.69, 9.17) is 9.26 Å². The maximum absolute atomic E-state index is 14.0. The van der Waals surface area contributed by atoms with Crippen LogP contribution >= 0.6 is 0 Å². The Morgan fingerprint density at radius 3 is 2.69 bits per heavy atom. The van der Waals surface area contributed by atoms with E-state index >= 15 is 0 Å². The van der Waals surface area contributed by atoms with Crippen LogP contribution in [0, 0.1) is 5.82 Å². The van der Waals surface area contributed by atoms with Gasteiger partial charge >= 0.3 is 0 Å². The summed E-state index contributed by atoms with van der Waals surface area (Å²) in [6.45, 7) is 0.310. The average Bonchev–Trinajstić information content (AvgIpc) is 3.29. The second-order valence-corrected chi connectivity index (χ2v) is 6.04. The van der Waals surface area contributed by atoms with Gasteiger partial charge in [0.25, 0.3) is 0 Å². The summed E-state index contributed by atoms with van der Waals surface area (Å²) in [5.74, 6) is 0.707. The van der Waals surface area contributed by atoms with Crippen molar-refractivity contribution in [3.05, 3.63) is 60.2 Å². The molecule has 1 aromatic heterocycles. The SMILES string of the molecule is COc1ccc(-c2noc(C3CC(=O)N(c4ccccc4F)C3)n2)cc1. The zero-order chi connectivity index (χ0) is 18.1. The summed E-state index contributed by atoms with van der Waals surface area (Å²) < 4.78 is 24.5. The van der Waals surface area contributed by atoms with Crippen LogP contribution in [0.5, 0.6) is 5.75 Å². The van der Waals surface area contributed by atoms with Gasteiger partial charge in [-0.2, -0.15) is 4.98 Å². The molecule has 2 heterocycles. The molecule has 132 valence electrons. The highest BCUT2D eigenvalue weighted by Crippen LogP contribution is 2.33. The third kappa shape index (κ3) is 2.92. The Balaban J connectivity index is 1.55. The number of hydrogen-bond acceptors (Lipinski definition) is 5. The maximum Gasteiger partial charge on any atom is 0.232 e. The van der Waals surface area contributed by atoms with Gasteiger partial charge in [-0.3, -0.25) is 4.79 Å². The zero-order valence-corrected chi connectivity index (χ0v) is 14.1. The fourth-order valence-corrected chi connectivity index (χ4v) is 3.03. The van der Waals surface area contributed by atoms with Gasteiger partial charge in [-0.05, 0) is 36.4 Å². The highest BCUT2D eigenvalue weighted by molar-refractivity contribution is 5.96. The van der Waals surface area contributed by atoms with Gasteiger partial charge in [-0.15, -0.1) is 0 Å². The minimum absolute atomic E-state index is 0.163. The van der Waals surface area contributed by atoms with E-state index in [-0.39, 0.29) is 23.9 Å². The number of anilines is 1. The monoisotopic (exact) mass is 353 g/mol. The van der Waals surface area contributed by atoms with Crippen molar-refractivity contribution < 1.29 is 18.4 Å². The Bertz CT molecular complexity index is 939. The molecule has 4 rings (SSSR count). The first-order valence-electron chi connectivity index (χ1n) is 8.18. The van der Waals surface area contributed by atoms with Crippen molar-refractivity contribution in [1.82, 2.24) is 10.1 Å². The molecule has 1 atom stereocenters. The van der Waals surface area contributed by atoms with Gasteiger partial charge < -0.3 is 14.2 Å². The number of rotatable bonds is 4. The van der Waals surface area contributed by atoms with Gasteiger partial charge in [0.05, 0.1) is 18.7 Å². The molecule has 0 saturated carbocycles. The van der Waals surface area contributed by atoms with Crippen molar-refractivity contribution in [2.45, 2.75) is 12.3 Å². The minimum Gasteiger partial charge on any atom is -0.497 e. The highest BCUT2D eigenvalue weighted by Gasteiger charge is 2.36. The number of hydrogen-bond donors (Lipinski definition) is 0. The molecule has 26 heavy (non-hydrogen) atoms. The molecular weight excluding hydrogens is 337 g/mol. The number of methoxy groups -OCH3 is 1. The summed E-state index contributed by atoms with van der Waals surface area (Å²) in [7, 11) is 1.60. The quantitative estimate of drug-likeness (QED) is 0.719. The van der Waals surface area contributed by atoms with Crippen LogP contribution in [0.15, 0.2) is 53.1 Å². The maximum atomic E-state index is 14.0. The van der Waals surface area contributed by atoms with Crippen LogP contribution in [0.3, 0.4) is 0 Å². The molecule has 1 saturated heterocycles. The van der Waals surface area contributed by atoms with Crippen LogP contribution in [0.2, 0.25) is 0 Å². The van der Waals surface area contributed by atoms with E-state index in [0.717, 1.165) is 11.3 Å². The molecule has 0 aliphatic carbocycles. The van der Waals surface area contributed by atoms with E-state index in [1.54, 1.807) is 25.3 Å². The second-order valence-electron chi connectivity index (χ2n) is 6.04. The lowest BCUT2D eigenvalue weighted by Crippen LogP contribution is -2.25. The first kappa shape index (κ1) is 16.3. The number of halogens is 1. The van der Waals surface area contributed by atoms with E-state index in [0.29, 0.717) is 18.3 Å². The lowest BCUT2D eigenvalue weighted by atomic mass is 10.1. The third-order valence-electron chi connectivity index (χ3n) is 4.41. The molecule has 2 aromatic carbocycles. The summed E-state index contributed by atoms with van der Waals surface area (Å²) >= 11 is 0. The number of ether oxygens (including phenoxy) is 1. The van der Waals surface area contributed by atoms with Crippen LogP contribution in [-0.4, -0.2) is 29.7 Å². The number of carbonyl (C=O) groups excluding carboxylic acids is 1. The first-order chi connectivity index (χ1) is 12.7. The van der Waals surface area contributed by atoms with E-state index in [2.05, 4.69) is 10.1 Å². The normalized spacial score (nSPS) is 16.9. The smallest absolute Gasteiger partial charge is 0.232 e. The summed E-state index contributed by atoms with van der Waals surface area (Å²) in [5, 5.41) is 4.00. The third-order valence-corrected chi connectivity index (χ3v) is 4.41. The lowest BCUT2D eigenvalue weighted by Gasteiger charge is -2.16. The van der Waals surface area contributed by atoms with Crippen molar-refractivity contribution in [2.24, 2.45) is 0 Å². The number of para-hydroxylation sites is 1. The Hall–Kier alpha value is -3.22. The van der Waals surface area contributed by atoms with Crippen LogP contribution in [-0.2, 0) is 4.79 Å². The summed E-state index contributed by atoms with van der Waals surface area (Å²) in [6.07, 6.45) is 0.207. The number of benzene rings is 2. The highest BCUT2D eigenvalue weighted by atomic mass is 19.1. The molecule has 0 spiro atoms. The molecule has 1 aliphatic rings. The number of aromatic nitrogens is 2. The molecule has 3 aromatic rings. The minimum atomic E-state index is -0.425. The summed E-state index contributed by atoms with van der Waals surface area (Å²) in [4.78, 5) is 18.2. The molecular formula is C19H16FN3O3. The van der Waals surface area contributed by atoms with Crippen LogP contribution in [0.4, 0.5) is 10.1 Å². The Kier molecular flexibility index (Phi) is 4.12. The Labute approximate surface area is 149 Å².